The second kappa shape index (κ2) is 6.88. The summed E-state index contributed by atoms with van der Waals surface area (Å²) in [6.07, 6.45) is 3.95. The molecule has 0 saturated heterocycles. The van der Waals surface area contributed by atoms with Gasteiger partial charge in [-0.2, -0.15) is 0 Å². The van der Waals surface area contributed by atoms with Gasteiger partial charge in [-0.3, -0.25) is 14.5 Å². The molecule has 0 saturated carbocycles. The van der Waals surface area contributed by atoms with Crippen molar-refractivity contribution in [2.75, 3.05) is 19.6 Å². The van der Waals surface area contributed by atoms with Gasteiger partial charge in [0.1, 0.15) is 0 Å². The number of hydrogen-bond acceptors (Lipinski definition) is 3. The molecule has 1 atom stereocenters. The molecule has 3 N–H and O–H groups in total. The molecule has 20 heavy (non-hydrogen) atoms. The summed E-state index contributed by atoms with van der Waals surface area (Å²) in [6.45, 7) is 9.84. The standard InChI is InChI=1S/C15H27N3O2/c1-11(13(16)19)18-9-6-12(7-10-18)5-8-17-14(20)15(2,3)4/h6,11H,5,7-10H2,1-4H3,(H2,16,19)(H,17,20)/t11-/m1/s1. The van der Waals surface area contributed by atoms with Crippen LogP contribution in [-0.4, -0.2) is 42.4 Å². The number of nitrogens with two attached hydrogens (primary N) is 1. The average molecular weight is 281 g/mol. The highest BCUT2D eigenvalue weighted by Crippen LogP contribution is 2.16. The maximum atomic E-state index is 11.7. The second-order valence-electron chi connectivity index (χ2n) is 6.44. The van der Waals surface area contributed by atoms with Gasteiger partial charge in [0.25, 0.3) is 0 Å². The zero-order valence-corrected chi connectivity index (χ0v) is 13.0. The minimum atomic E-state index is -0.339. The van der Waals surface area contributed by atoms with Gasteiger partial charge < -0.3 is 11.1 Å². The number of carbonyl (C=O) groups is 2. The zero-order chi connectivity index (χ0) is 15.3. The fraction of sp³-hybridized carbons (Fsp3) is 0.733. The molecule has 0 spiro atoms. The van der Waals surface area contributed by atoms with E-state index in [2.05, 4.69) is 16.3 Å². The Hall–Kier alpha value is -1.36. The molecule has 1 rings (SSSR count). The van der Waals surface area contributed by atoms with Crippen molar-refractivity contribution >= 4 is 11.8 Å². The molecule has 0 unspecified atom stereocenters. The molecule has 0 aromatic carbocycles. The first-order valence-electron chi connectivity index (χ1n) is 7.21. The van der Waals surface area contributed by atoms with E-state index in [0.29, 0.717) is 6.54 Å². The van der Waals surface area contributed by atoms with Gasteiger partial charge in [0, 0.05) is 25.0 Å². The molecule has 0 radical (unpaired) electrons. The molecule has 1 heterocycles. The smallest absolute Gasteiger partial charge is 0.234 e. The summed E-state index contributed by atoms with van der Waals surface area (Å²) in [5.74, 6) is -0.197. The Morgan fingerprint density at radius 1 is 1.45 bits per heavy atom. The molecule has 1 aliphatic heterocycles. The largest absolute Gasteiger partial charge is 0.368 e. The quantitative estimate of drug-likeness (QED) is 0.739. The number of nitrogens with zero attached hydrogens (tertiary/aromatic N) is 1. The van der Waals surface area contributed by atoms with Gasteiger partial charge in [0.15, 0.2) is 0 Å². The first-order chi connectivity index (χ1) is 9.21. The first kappa shape index (κ1) is 16.7. The highest BCUT2D eigenvalue weighted by molar-refractivity contribution is 5.81. The third-order valence-electron chi connectivity index (χ3n) is 3.71. The predicted octanol–water partition coefficient (Wildman–Crippen LogP) is 1.04. The van der Waals surface area contributed by atoms with Gasteiger partial charge >= 0.3 is 0 Å². The van der Waals surface area contributed by atoms with Gasteiger partial charge in [0.2, 0.25) is 11.8 Å². The Morgan fingerprint density at radius 2 is 2.10 bits per heavy atom. The van der Waals surface area contributed by atoms with Crippen LogP contribution in [0.15, 0.2) is 11.6 Å². The van der Waals surface area contributed by atoms with Gasteiger partial charge in [-0.25, -0.2) is 0 Å². The monoisotopic (exact) mass is 281 g/mol. The molecule has 0 bridgehead atoms. The minimum Gasteiger partial charge on any atom is -0.368 e. The van der Waals surface area contributed by atoms with E-state index in [1.54, 1.807) is 0 Å². The summed E-state index contributed by atoms with van der Waals surface area (Å²) in [7, 11) is 0. The summed E-state index contributed by atoms with van der Waals surface area (Å²) >= 11 is 0. The van der Waals surface area contributed by atoms with Crippen molar-refractivity contribution in [3.05, 3.63) is 11.6 Å². The van der Waals surface area contributed by atoms with Crippen LogP contribution in [0.25, 0.3) is 0 Å². The van der Waals surface area contributed by atoms with Crippen molar-refractivity contribution in [1.29, 1.82) is 0 Å². The normalized spacial score (nSPS) is 18.3. The third kappa shape index (κ3) is 4.96. The molecular formula is C15H27N3O2. The summed E-state index contributed by atoms with van der Waals surface area (Å²) in [5.41, 5.74) is 6.31. The molecule has 5 heteroatoms. The molecule has 5 nitrogen and oxygen atoms in total. The van der Waals surface area contributed by atoms with Crippen molar-refractivity contribution in [2.45, 2.75) is 46.6 Å². The lowest BCUT2D eigenvalue weighted by Gasteiger charge is -2.30. The van der Waals surface area contributed by atoms with E-state index in [-0.39, 0.29) is 23.3 Å². The molecule has 0 aromatic rings. The summed E-state index contributed by atoms with van der Waals surface area (Å²) < 4.78 is 0. The van der Waals surface area contributed by atoms with E-state index in [4.69, 9.17) is 5.73 Å². The van der Waals surface area contributed by atoms with Gasteiger partial charge in [-0.1, -0.05) is 32.4 Å². The lowest BCUT2D eigenvalue weighted by molar-refractivity contribution is -0.128. The highest BCUT2D eigenvalue weighted by Gasteiger charge is 2.22. The van der Waals surface area contributed by atoms with Crippen LogP contribution < -0.4 is 11.1 Å². The zero-order valence-electron chi connectivity index (χ0n) is 13.0. The molecule has 2 amide bonds. The van der Waals surface area contributed by atoms with Crippen molar-refractivity contribution in [2.24, 2.45) is 11.1 Å². The average Bonchev–Trinajstić information content (AvgIpc) is 2.37. The third-order valence-corrected chi connectivity index (χ3v) is 3.71. The summed E-state index contributed by atoms with van der Waals surface area (Å²) in [4.78, 5) is 24.9. The second-order valence-corrected chi connectivity index (χ2v) is 6.44. The van der Waals surface area contributed by atoms with Gasteiger partial charge in [-0.15, -0.1) is 0 Å². The number of nitrogens with one attached hydrogen (secondary N) is 1. The van der Waals surface area contributed by atoms with Crippen molar-refractivity contribution in [3.8, 4) is 0 Å². The van der Waals surface area contributed by atoms with Crippen molar-refractivity contribution < 1.29 is 9.59 Å². The SMILES string of the molecule is C[C@H](C(N)=O)N1CC=C(CCNC(=O)C(C)(C)C)CC1. The van der Waals surface area contributed by atoms with Crippen LogP contribution in [0.4, 0.5) is 0 Å². The number of carbonyl (C=O) groups excluding carboxylic acids is 2. The van der Waals surface area contributed by atoms with E-state index in [1.807, 2.05) is 27.7 Å². The van der Waals surface area contributed by atoms with E-state index in [9.17, 15) is 9.59 Å². The fourth-order valence-electron chi connectivity index (χ4n) is 2.09. The number of hydrogen-bond donors (Lipinski definition) is 2. The first-order valence-corrected chi connectivity index (χ1v) is 7.21. The van der Waals surface area contributed by atoms with Crippen molar-refractivity contribution in [3.63, 3.8) is 0 Å². The highest BCUT2D eigenvalue weighted by atomic mass is 16.2. The van der Waals surface area contributed by atoms with Crippen LogP contribution in [0.1, 0.15) is 40.5 Å². The maximum Gasteiger partial charge on any atom is 0.234 e. The Bertz CT molecular complexity index is 396. The van der Waals surface area contributed by atoms with E-state index in [1.165, 1.54) is 5.57 Å². The minimum absolute atomic E-state index is 0.0814. The Labute approximate surface area is 121 Å². The molecule has 0 aliphatic carbocycles. The van der Waals surface area contributed by atoms with E-state index >= 15 is 0 Å². The Balaban J connectivity index is 2.34. The van der Waals surface area contributed by atoms with Crippen LogP contribution in [0.5, 0.6) is 0 Å². The lowest BCUT2D eigenvalue weighted by Crippen LogP contribution is -2.44. The van der Waals surface area contributed by atoms with E-state index < -0.39 is 0 Å². The Morgan fingerprint density at radius 3 is 2.55 bits per heavy atom. The Kier molecular flexibility index (Phi) is 5.74. The van der Waals surface area contributed by atoms with Crippen LogP contribution in [0.2, 0.25) is 0 Å². The maximum absolute atomic E-state index is 11.7. The molecule has 1 aliphatic rings. The molecule has 114 valence electrons. The molecular weight excluding hydrogens is 254 g/mol. The van der Waals surface area contributed by atoms with E-state index in [0.717, 1.165) is 25.9 Å². The summed E-state index contributed by atoms with van der Waals surface area (Å²) in [5, 5.41) is 2.95. The summed E-state index contributed by atoms with van der Waals surface area (Å²) in [6, 6.07) is -0.214. The van der Waals surface area contributed by atoms with Crippen molar-refractivity contribution in [1.82, 2.24) is 10.2 Å². The van der Waals surface area contributed by atoms with Crippen LogP contribution in [0, 0.1) is 5.41 Å². The number of amides is 2. The van der Waals surface area contributed by atoms with Gasteiger partial charge in [0.05, 0.1) is 6.04 Å². The number of rotatable bonds is 5. The number of primary amides is 1. The lowest BCUT2D eigenvalue weighted by atomic mass is 9.95. The molecule has 0 aromatic heterocycles. The van der Waals surface area contributed by atoms with Crippen LogP contribution >= 0.6 is 0 Å². The van der Waals surface area contributed by atoms with Crippen LogP contribution in [0.3, 0.4) is 0 Å². The van der Waals surface area contributed by atoms with Gasteiger partial charge in [-0.05, 0) is 19.8 Å². The molecule has 0 fully saturated rings. The predicted molar refractivity (Wildman–Crippen MR) is 80.0 cm³/mol. The van der Waals surface area contributed by atoms with Crippen LogP contribution in [-0.2, 0) is 9.59 Å². The fourth-order valence-corrected chi connectivity index (χ4v) is 2.09. The topological polar surface area (TPSA) is 75.4 Å².